The first-order valence-corrected chi connectivity index (χ1v) is 20.3. The molecular formula is C32H53ClN4O6Si. The maximum Gasteiger partial charge on any atom is 0.404 e. The number of piperidine rings is 1. The number of nitrogens with zero attached hydrogens (tertiary/aromatic N) is 1. The summed E-state index contributed by atoms with van der Waals surface area (Å²) in [6.45, 7) is 9.28. The first-order valence-electron chi connectivity index (χ1n) is 16.2. The second kappa shape index (κ2) is 18.6. The molecule has 1 saturated carbocycles. The zero-order valence-electron chi connectivity index (χ0n) is 26.8. The summed E-state index contributed by atoms with van der Waals surface area (Å²) in [5.41, 5.74) is 6.02. The second-order valence-corrected chi connectivity index (χ2v) is 19.5. The number of esters is 1. The van der Waals surface area contributed by atoms with Crippen LogP contribution < -0.4 is 16.4 Å². The summed E-state index contributed by atoms with van der Waals surface area (Å²) < 4.78 is 16.5. The summed E-state index contributed by atoms with van der Waals surface area (Å²) >= 11 is 6.30. The molecule has 0 radical (unpaired) electrons. The van der Waals surface area contributed by atoms with Crippen molar-refractivity contribution in [2.24, 2.45) is 17.6 Å². The van der Waals surface area contributed by atoms with Crippen molar-refractivity contribution in [1.82, 2.24) is 15.5 Å². The van der Waals surface area contributed by atoms with E-state index in [1.54, 1.807) is 0 Å². The highest BCUT2D eigenvalue weighted by molar-refractivity contribution is 6.76. The van der Waals surface area contributed by atoms with Gasteiger partial charge in [0.2, 0.25) is 0 Å². The molecule has 1 aliphatic carbocycles. The number of carbonyl (C=O) groups excluding carboxylic acids is 3. The molecule has 1 aliphatic heterocycles. The third-order valence-electron chi connectivity index (χ3n) is 8.42. The lowest BCUT2D eigenvalue weighted by atomic mass is 9.84. The quantitative estimate of drug-likeness (QED) is 0.118. The Morgan fingerprint density at radius 1 is 1.05 bits per heavy atom. The Bertz CT molecular complexity index is 1050. The summed E-state index contributed by atoms with van der Waals surface area (Å²) in [6, 6.07) is 8.29. The maximum absolute atomic E-state index is 13.6. The van der Waals surface area contributed by atoms with Crippen LogP contribution in [0.4, 0.5) is 9.59 Å². The molecular weight excluding hydrogens is 600 g/mol. The second-order valence-electron chi connectivity index (χ2n) is 13.4. The van der Waals surface area contributed by atoms with Gasteiger partial charge in [-0.2, -0.15) is 0 Å². The van der Waals surface area contributed by atoms with Gasteiger partial charge in [-0.1, -0.05) is 75.5 Å². The van der Waals surface area contributed by atoms with Gasteiger partial charge >= 0.3 is 18.1 Å². The number of benzene rings is 1. The Labute approximate surface area is 269 Å². The zero-order valence-corrected chi connectivity index (χ0v) is 28.5. The Morgan fingerprint density at radius 3 is 2.52 bits per heavy atom. The van der Waals surface area contributed by atoms with E-state index in [0.29, 0.717) is 37.2 Å². The summed E-state index contributed by atoms with van der Waals surface area (Å²) in [5, 5.41) is 7.14. The van der Waals surface area contributed by atoms with Crippen molar-refractivity contribution in [2.45, 2.75) is 89.2 Å². The minimum absolute atomic E-state index is 0.0300. The first kappa shape index (κ1) is 36.1. The smallest absolute Gasteiger partial charge is 0.404 e. The molecule has 3 atom stereocenters. The summed E-state index contributed by atoms with van der Waals surface area (Å²) in [4.78, 5) is 38.8. The molecule has 0 spiro atoms. The molecule has 4 N–H and O–H groups in total. The standard InChI is InChI=1S/C32H53ClN4O6Si/c1-44(2,3)18-17-41-29(38)22-35-21-28(19-24-9-5-4-6-10-24)36-32(40)37-14-8-12-26(23-37)30(42-15-16-43-31(34)39)25-11-7-13-27(33)20-25/h7,11,13,20,24,26,28,30,35H,4-6,8-10,12,14-19,21-23H2,1-3H3,(H2,34,39)(H,36,40). The van der Waals surface area contributed by atoms with Gasteiger partial charge in [0.15, 0.2) is 0 Å². The Balaban J connectivity index is 1.60. The minimum atomic E-state index is -1.27. The van der Waals surface area contributed by atoms with Crippen molar-refractivity contribution in [3.8, 4) is 0 Å². The molecule has 3 amide bonds. The van der Waals surface area contributed by atoms with Gasteiger partial charge in [0, 0.05) is 44.7 Å². The van der Waals surface area contributed by atoms with Gasteiger partial charge in [-0.25, -0.2) is 9.59 Å². The number of primary amides is 1. The molecule has 2 aliphatic rings. The Morgan fingerprint density at radius 2 is 1.82 bits per heavy atom. The molecule has 1 aromatic carbocycles. The van der Waals surface area contributed by atoms with Crippen LogP contribution in [0.5, 0.6) is 0 Å². The average Bonchev–Trinajstić information content (AvgIpc) is 2.97. The van der Waals surface area contributed by atoms with Gasteiger partial charge in [0.1, 0.15) is 6.61 Å². The lowest BCUT2D eigenvalue weighted by molar-refractivity contribution is -0.142. The van der Waals surface area contributed by atoms with Crippen LogP contribution in [0.25, 0.3) is 0 Å². The van der Waals surface area contributed by atoms with Gasteiger partial charge in [-0.3, -0.25) is 4.79 Å². The fourth-order valence-electron chi connectivity index (χ4n) is 6.10. The number of amides is 3. The van der Waals surface area contributed by atoms with E-state index in [1.165, 1.54) is 32.1 Å². The minimum Gasteiger partial charge on any atom is -0.465 e. The molecule has 3 unspecified atom stereocenters. The van der Waals surface area contributed by atoms with Crippen LogP contribution in [0.15, 0.2) is 24.3 Å². The molecule has 0 aromatic heterocycles. The van der Waals surface area contributed by atoms with Gasteiger partial charge in [-0.05, 0) is 48.9 Å². The largest absolute Gasteiger partial charge is 0.465 e. The van der Waals surface area contributed by atoms with E-state index in [-0.39, 0.29) is 49.8 Å². The number of ether oxygens (including phenoxy) is 3. The molecule has 1 heterocycles. The normalized spacial score (nSPS) is 19.2. The number of halogens is 1. The number of urea groups is 1. The number of nitrogens with one attached hydrogen (secondary N) is 2. The number of hydrogen-bond acceptors (Lipinski definition) is 7. The van der Waals surface area contributed by atoms with Crippen molar-refractivity contribution in [3.63, 3.8) is 0 Å². The molecule has 248 valence electrons. The average molecular weight is 653 g/mol. The molecule has 44 heavy (non-hydrogen) atoms. The van der Waals surface area contributed by atoms with Gasteiger partial charge in [-0.15, -0.1) is 0 Å². The van der Waals surface area contributed by atoms with Crippen molar-refractivity contribution in [1.29, 1.82) is 0 Å². The fraction of sp³-hybridized carbons (Fsp3) is 0.719. The predicted molar refractivity (Wildman–Crippen MR) is 175 cm³/mol. The highest BCUT2D eigenvalue weighted by atomic mass is 35.5. The van der Waals surface area contributed by atoms with Crippen LogP contribution in [0.3, 0.4) is 0 Å². The highest BCUT2D eigenvalue weighted by Crippen LogP contribution is 2.34. The van der Waals surface area contributed by atoms with Crippen LogP contribution in [0.2, 0.25) is 30.7 Å². The van der Waals surface area contributed by atoms with E-state index in [1.807, 2.05) is 29.2 Å². The van der Waals surface area contributed by atoms with Gasteiger partial charge in [0.05, 0.1) is 25.9 Å². The summed E-state index contributed by atoms with van der Waals surface area (Å²) in [6.07, 6.45) is 7.51. The van der Waals surface area contributed by atoms with Crippen LogP contribution in [0.1, 0.15) is 63.0 Å². The molecule has 3 rings (SSSR count). The molecule has 1 aromatic rings. The fourth-order valence-corrected chi connectivity index (χ4v) is 7.02. The van der Waals surface area contributed by atoms with Crippen molar-refractivity contribution >= 4 is 37.8 Å². The lowest BCUT2D eigenvalue weighted by Gasteiger charge is -2.38. The van der Waals surface area contributed by atoms with E-state index >= 15 is 0 Å². The van der Waals surface area contributed by atoms with Crippen LogP contribution in [-0.4, -0.2) is 83.1 Å². The van der Waals surface area contributed by atoms with Crippen molar-refractivity contribution in [2.75, 3.05) is 46.0 Å². The third kappa shape index (κ3) is 13.7. The van der Waals surface area contributed by atoms with Crippen LogP contribution >= 0.6 is 11.6 Å². The number of nitrogens with two attached hydrogens (primary N) is 1. The number of likely N-dealkylation sites (tertiary alicyclic amines) is 1. The van der Waals surface area contributed by atoms with Gasteiger partial charge in [0.25, 0.3) is 0 Å². The first-order chi connectivity index (χ1) is 21.0. The Kier molecular flexibility index (Phi) is 15.3. The molecule has 2 fully saturated rings. The number of carbonyl (C=O) groups is 3. The summed E-state index contributed by atoms with van der Waals surface area (Å²) in [5.74, 6) is 0.345. The number of hydrogen-bond donors (Lipinski definition) is 3. The van der Waals surface area contributed by atoms with Crippen LogP contribution in [-0.2, 0) is 19.0 Å². The van der Waals surface area contributed by atoms with Crippen molar-refractivity contribution < 1.29 is 28.6 Å². The van der Waals surface area contributed by atoms with E-state index < -0.39 is 14.2 Å². The Hall–Kier alpha value is -2.34. The predicted octanol–water partition coefficient (Wildman–Crippen LogP) is 5.72. The van der Waals surface area contributed by atoms with E-state index in [4.69, 9.17) is 31.5 Å². The monoisotopic (exact) mass is 652 g/mol. The van der Waals surface area contributed by atoms with Gasteiger partial charge < -0.3 is 35.5 Å². The van der Waals surface area contributed by atoms with E-state index in [2.05, 4.69) is 30.3 Å². The van der Waals surface area contributed by atoms with Crippen molar-refractivity contribution in [3.05, 3.63) is 34.9 Å². The van der Waals surface area contributed by atoms with E-state index in [0.717, 1.165) is 30.9 Å². The zero-order chi connectivity index (χ0) is 32.0. The summed E-state index contributed by atoms with van der Waals surface area (Å²) in [7, 11) is -1.27. The number of rotatable bonds is 16. The third-order valence-corrected chi connectivity index (χ3v) is 10.4. The molecule has 12 heteroatoms. The SMILES string of the molecule is C[Si](C)(C)CCOC(=O)CNCC(CC1CCCCC1)NC(=O)N1CCCC(C(OCCOC(N)=O)c2cccc(Cl)c2)C1. The highest BCUT2D eigenvalue weighted by Gasteiger charge is 2.32. The lowest BCUT2D eigenvalue weighted by Crippen LogP contribution is -2.52. The topological polar surface area (TPSA) is 132 Å². The molecule has 0 bridgehead atoms. The van der Waals surface area contributed by atoms with E-state index in [9.17, 15) is 14.4 Å². The van der Waals surface area contributed by atoms with Crippen LogP contribution in [0, 0.1) is 11.8 Å². The molecule has 10 nitrogen and oxygen atoms in total. The maximum atomic E-state index is 13.6. The molecule has 1 saturated heterocycles.